The Balaban J connectivity index is 2.47. The number of rotatable bonds is 8. The van der Waals surface area contributed by atoms with Crippen LogP contribution in [0, 0.1) is 0 Å². The highest BCUT2D eigenvalue weighted by Gasteiger charge is 2.05. The Labute approximate surface area is 103 Å². The minimum absolute atomic E-state index is 0.0248. The summed E-state index contributed by atoms with van der Waals surface area (Å²) < 4.78 is 11.0. The number of nitrogens with zero attached hydrogens (tertiary/aromatic N) is 1. The topological polar surface area (TPSA) is 43.4 Å². The molecule has 1 aromatic heterocycles. The van der Waals surface area contributed by atoms with Crippen LogP contribution >= 0.6 is 0 Å². The van der Waals surface area contributed by atoms with Gasteiger partial charge in [-0.25, -0.2) is 4.98 Å². The first-order valence-electron chi connectivity index (χ1n) is 6.17. The summed E-state index contributed by atoms with van der Waals surface area (Å²) in [6, 6.07) is 5.82. The molecule has 0 aliphatic rings. The summed E-state index contributed by atoms with van der Waals surface area (Å²) in [6.07, 6.45) is 0.0248. The van der Waals surface area contributed by atoms with Crippen molar-refractivity contribution in [3.8, 4) is 5.88 Å². The van der Waals surface area contributed by atoms with Crippen molar-refractivity contribution in [1.82, 2.24) is 10.3 Å². The molecule has 1 rings (SSSR count). The van der Waals surface area contributed by atoms with E-state index in [1.54, 1.807) is 0 Å². The molecule has 0 bridgehead atoms. The smallest absolute Gasteiger partial charge is 0.213 e. The van der Waals surface area contributed by atoms with E-state index in [4.69, 9.17) is 9.47 Å². The van der Waals surface area contributed by atoms with Crippen molar-refractivity contribution in [2.45, 2.75) is 33.4 Å². The van der Waals surface area contributed by atoms with Crippen LogP contribution in [0.25, 0.3) is 0 Å². The molecule has 0 aliphatic carbocycles. The van der Waals surface area contributed by atoms with Crippen molar-refractivity contribution in [3.63, 3.8) is 0 Å². The lowest BCUT2D eigenvalue weighted by atomic mass is 10.3. The molecule has 1 aromatic rings. The van der Waals surface area contributed by atoms with Gasteiger partial charge in [0.15, 0.2) is 0 Å². The molecule has 0 saturated carbocycles. The molecule has 1 unspecified atom stereocenters. The van der Waals surface area contributed by atoms with E-state index in [9.17, 15) is 0 Å². The van der Waals surface area contributed by atoms with Crippen LogP contribution < -0.4 is 10.1 Å². The Morgan fingerprint density at radius 1 is 1.35 bits per heavy atom. The molecule has 1 heterocycles. The first kappa shape index (κ1) is 13.9. The third-order valence-corrected chi connectivity index (χ3v) is 2.22. The minimum atomic E-state index is 0.0248. The summed E-state index contributed by atoms with van der Waals surface area (Å²) in [5.74, 6) is 0.660. The van der Waals surface area contributed by atoms with Crippen LogP contribution in [0.1, 0.15) is 26.5 Å². The third-order valence-electron chi connectivity index (χ3n) is 2.22. The van der Waals surface area contributed by atoms with Crippen molar-refractivity contribution in [2.75, 3.05) is 19.8 Å². The van der Waals surface area contributed by atoms with Gasteiger partial charge in [-0.05, 0) is 26.5 Å². The van der Waals surface area contributed by atoms with Gasteiger partial charge in [-0.15, -0.1) is 0 Å². The largest absolute Gasteiger partial charge is 0.472 e. The maximum atomic E-state index is 5.67. The average Bonchev–Trinajstić information content (AvgIpc) is 2.34. The first-order valence-corrected chi connectivity index (χ1v) is 6.17. The molecule has 4 nitrogen and oxygen atoms in total. The predicted molar refractivity (Wildman–Crippen MR) is 68.2 cm³/mol. The summed E-state index contributed by atoms with van der Waals surface area (Å²) in [6.45, 7) is 9.04. The number of pyridine rings is 1. The Bertz CT molecular complexity index is 318. The Kier molecular flexibility index (Phi) is 6.58. The average molecular weight is 238 g/mol. The standard InChI is InChI=1S/C13H22N2O2/c1-4-14-9-12-7-6-8-13(15-12)17-11(3)10-16-5-2/h6-8,11,14H,4-5,9-10H2,1-3H3. The number of hydrogen-bond acceptors (Lipinski definition) is 4. The van der Waals surface area contributed by atoms with Gasteiger partial charge >= 0.3 is 0 Å². The molecule has 0 radical (unpaired) electrons. The fourth-order valence-electron chi connectivity index (χ4n) is 1.40. The SMILES string of the molecule is CCNCc1cccc(OC(C)COCC)n1. The molecule has 0 amide bonds. The molecule has 1 atom stereocenters. The van der Waals surface area contributed by atoms with Gasteiger partial charge < -0.3 is 14.8 Å². The van der Waals surface area contributed by atoms with Gasteiger partial charge in [0.1, 0.15) is 6.10 Å². The Morgan fingerprint density at radius 2 is 2.18 bits per heavy atom. The zero-order valence-electron chi connectivity index (χ0n) is 10.9. The molecule has 0 aromatic carbocycles. The zero-order valence-corrected chi connectivity index (χ0v) is 10.9. The maximum absolute atomic E-state index is 5.67. The molecule has 0 aliphatic heterocycles. The Morgan fingerprint density at radius 3 is 2.88 bits per heavy atom. The van der Waals surface area contributed by atoms with E-state index in [1.807, 2.05) is 32.0 Å². The summed E-state index contributed by atoms with van der Waals surface area (Å²) in [5, 5.41) is 3.24. The molecule has 17 heavy (non-hydrogen) atoms. The first-order chi connectivity index (χ1) is 8.26. The van der Waals surface area contributed by atoms with Crippen LogP contribution in [0.15, 0.2) is 18.2 Å². The predicted octanol–water partition coefficient (Wildman–Crippen LogP) is 1.99. The van der Waals surface area contributed by atoms with Crippen LogP contribution in [0.2, 0.25) is 0 Å². The van der Waals surface area contributed by atoms with E-state index in [-0.39, 0.29) is 6.10 Å². The number of nitrogens with one attached hydrogen (secondary N) is 1. The Hall–Kier alpha value is -1.13. The van der Waals surface area contributed by atoms with Gasteiger partial charge in [-0.3, -0.25) is 0 Å². The van der Waals surface area contributed by atoms with Gasteiger partial charge in [0, 0.05) is 19.2 Å². The van der Waals surface area contributed by atoms with E-state index in [0.717, 1.165) is 18.8 Å². The van der Waals surface area contributed by atoms with Crippen LogP contribution in [0.3, 0.4) is 0 Å². The fourth-order valence-corrected chi connectivity index (χ4v) is 1.40. The lowest BCUT2D eigenvalue weighted by Crippen LogP contribution is -2.20. The monoisotopic (exact) mass is 238 g/mol. The van der Waals surface area contributed by atoms with Gasteiger partial charge in [0.25, 0.3) is 0 Å². The van der Waals surface area contributed by atoms with Crippen molar-refractivity contribution >= 4 is 0 Å². The molecule has 0 fully saturated rings. The second-order valence-electron chi connectivity index (χ2n) is 3.84. The molecule has 1 N–H and O–H groups in total. The van der Waals surface area contributed by atoms with Gasteiger partial charge in [-0.1, -0.05) is 13.0 Å². The van der Waals surface area contributed by atoms with Gasteiger partial charge in [0.05, 0.1) is 12.3 Å². The van der Waals surface area contributed by atoms with Gasteiger partial charge in [-0.2, -0.15) is 0 Å². The number of aromatic nitrogens is 1. The molecular formula is C13H22N2O2. The van der Waals surface area contributed by atoms with E-state index in [2.05, 4.69) is 17.2 Å². The van der Waals surface area contributed by atoms with E-state index < -0.39 is 0 Å². The van der Waals surface area contributed by atoms with Crippen LogP contribution in [0.5, 0.6) is 5.88 Å². The summed E-state index contributed by atoms with van der Waals surface area (Å²) in [5.41, 5.74) is 0.993. The maximum Gasteiger partial charge on any atom is 0.213 e. The normalized spacial score (nSPS) is 12.4. The van der Waals surface area contributed by atoms with Crippen molar-refractivity contribution < 1.29 is 9.47 Å². The molecule has 0 saturated heterocycles. The third kappa shape index (κ3) is 5.65. The van der Waals surface area contributed by atoms with E-state index in [0.29, 0.717) is 19.1 Å². The quantitative estimate of drug-likeness (QED) is 0.752. The highest BCUT2D eigenvalue weighted by molar-refractivity contribution is 5.15. The molecule has 0 spiro atoms. The summed E-state index contributed by atoms with van der Waals surface area (Å²) in [4.78, 5) is 4.42. The summed E-state index contributed by atoms with van der Waals surface area (Å²) >= 11 is 0. The highest BCUT2D eigenvalue weighted by Crippen LogP contribution is 2.09. The van der Waals surface area contributed by atoms with Crippen LogP contribution in [-0.4, -0.2) is 30.8 Å². The molecule has 4 heteroatoms. The highest BCUT2D eigenvalue weighted by atomic mass is 16.5. The minimum Gasteiger partial charge on any atom is -0.472 e. The van der Waals surface area contributed by atoms with E-state index >= 15 is 0 Å². The van der Waals surface area contributed by atoms with Crippen molar-refractivity contribution in [3.05, 3.63) is 23.9 Å². The van der Waals surface area contributed by atoms with Crippen LogP contribution in [0.4, 0.5) is 0 Å². The second kappa shape index (κ2) is 8.03. The van der Waals surface area contributed by atoms with Crippen molar-refractivity contribution in [1.29, 1.82) is 0 Å². The molecule has 96 valence electrons. The number of ether oxygens (including phenoxy) is 2. The summed E-state index contributed by atoms with van der Waals surface area (Å²) in [7, 11) is 0. The van der Waals surface area contributed by atoms with Crippen LogP contribution in [-0.2, 0) is 11.3 Å². The van der Waals surface area contributed by atoms with E-state index in [1.165, 1.54) is 0 Å². The lowest BCUT2D eigenvalue weighted by Gasteiger charge is -2.14. The molecular weight excluding hydrogens is 216 g/mol. The fraction of sp³-hybridized carbons (Fsp3) is 0.615. The van der Waals surface area contributed by atoms with Crippen molar-refractivity contribution in [2.24, 2.45) is 0 Å². The second-order valence-corrected chi connectivity index (χ2v) is 3.84. The zero-order chi connectivity index (χ0) is 12.5. The lowest BCUT2D eigenvalue weighted by molar-refractivity contribution is 0.0632. The number of hydrogen-bond donors (Lipinski definition) is 1. The van der Waals surface area contributed by atoms with Gasteiger partial charge in [0.2, 0.25) is 5.88 Å².